The Morgan fingerprint density at radius 1 is 0.324 bits per heavy atom. The molecule has 0 bridgehead atoms. The molecule has 0 N–H and O–H groups in total. The zero-order chi connectivity index (χ0) is 26.6. The summed E-state index contributed by atoms with van der Waals surface area (Å²) in [5, 5.41) is 0. The summed E-state index contributed by atoms with van der Waals surface area (Å²) < 4.78 is 5.69. The molecule has 0 heterocycles. The van der Waals surface area contributed by atoms with Gasteiger partial charge in [0.25, 0.3) is 0 Å². The van der Waals surface area contributed by atoms with Gasteiger partial charge < -0.3 is 4.74 Å². The first-order chi connectivity index (χ1) is 17.8. The lowest BCUT2D eigenvalue weighted by molar-refractivity contribution is 0.482. The van der Waals surface area contributed by atoms with E-state index in [0.717, 1.165) is 11.5 Å². The molecule has 0 aromatic heterocycles. The van der Waals surface area contributed by atoms with Gasteiger partial charge in [0, 0.05) is 0 Å². The van der Waals surface area contributed by atoms with Crippen LogP contribution in [0.15, 0.2) is 121 Å². The van der Waals surface area contributed by atoms with Crippen molar-refractivity contribution in [1.82, 2.24) is 0 Å². The Kier molecular flexibility index (Phi) is 10.3. The molecule has 0 saturated carbocycles. The average molecular weight is 487 g/mol. The van der Waals surface area contributed by atoms with Gasteiger partial charge in [-0.1, -0.05) is 130 Å². The summed E-state index contributed by atoms with van der Waals surface area (Å²) in [6, 6.07) is 41.8. The van der Waals surface area contributed by atoms with Gasteiger partial charge in [0.15, 0.2) is 0 Å². The molecule has 0 radical (unpaired) electrons. The SMILES string of the molecule is Cc1ccc(-c2ccc(C)cc2)cc1.Cc1ccc(Oc2ccc(C)cc2)cc1.Cc1cccc(C)c1. The number of rotatable bonds is 3. The van der Waals surface area contributed by atoms with Crippen LogP contribution < -0.4 is 4.74 Å². The highest BCUT2D eigenvalue weighted by atomic mass is 16.5. The van der Waals surface area contributed by atoms with Crippen LogP contribution >= 0.6 is 0 Å². The van der Waals surface area contributed by atoms with Crippen LogP contribution in [0.4, 0.5) is 0 Å². The van der Waals surface area contributed by atoms with Crippen molar-refractivity contribution in [1.29, 1.82) is 0 Å². The van der Waals surface area contributed by atoms with Gasteiger partial charge in [-0.3, -0.25) is 0 Å². The normalized spacial score (nSPS) is 9.89. The number of aryl methyl sites for hydroxylation is 6. The zero-order valence-corrected chi connectivity index (χ0v) is 23.0. The topological polar surface area (TPSA) is 9.23 Å². The maximum atomic E-state index is 5.69. The Hall–Kier alpha value is -4.10. The van der Waals surface area contributed by atoms with E-state index in [0.29, 0.717) is 0 Å². The first-order valence-corrected chi connectivity index (χ1v) is 12.8. The third-order valence-electron chi connectivity index (χ3n) is 5.89. The Balaban J connectivity index is 0.000000161. The van der Waals surface area contributed by atoms with Crippen LogP contribution in [0, 0.1) is 41.5 Å². The van der Waals surface area contributed by atoms with E-state index in [1.807, 2.05) is 48.5 Å². The lowest BCUT2D eigenvalue weighted by Crippen LogP contribution is -1.84. The summed E-state index contributed by atoms with van der Waals surface area (Å²) in [5.41, 5.74) is 10.3. The molecule has 188 valence electrons. The van der Waals surface area contributed by atoms with Gasteiger partial charge in [0.05, 0.1) is 0 Å². The molecule has 1 nitrogen and oxygen atoms in total. The average Bonchev–Trinajstić information content (AvgIpc) is 2.89. The van der Waals surface area contributed by atoms with E-state index in [1.165, 1.54) is 44.5 Å². The molecule has 0 saturated heterocycles. The van der Waals surface area contributed by atoms with Gasteiger partial charge in [-0.05, 0) is 76.9 Å². The van der Waals surface area contributed by atoms with Crippen LogP contribution in [0.3, 0.4) is 0 Å². The molecule has 0 atom stereocenters. The highest BCUT2D eigenvalue weighted by Gasteiger charge is 1.96. The third kappa shape index (κ3) is 9.82. The second-order valence-corrected chi connectivity index (χ2v) is 9.62. The molecule has 37 heavy (non-hydrogen) atoms. The fraction of sp³-hybridized carbons (Fsp3) is 0.167. The first-order valence-electron chi connectivity index (χ1n) is 12.8. The number of hydrogen-bond donors (Lipinski definition) is 0. The van der Waals surface area contributed by atoms with Crippen molar-refractivity contribution >= 4 is 0 Å². The van der Waals surface area contributed by atoms with Gasteiger partial charge in [0.1, 0.15) is 11.5 Å². The summed E-state index contributed by atoms with van der Waals surface area (Å²) in [6.45, 7) is 12.6. The second-order valence-electron chi connectivity index (χ2n) is 9.62. The molecule has 0 amide bonds. The second kappa shape index (κ2) is 13.8. The fourth-order valence-corrected chi connectivity index (χ4v) is 3.65. The molecular weight excluding hydrogens is 448 g/mol. The van der Waals surface area contributed by atoms with Crippen LogP contribution in [0.25, 0.3) is 11.1 Å². The summed E-state index contributed by atoms with van der Waals surface area (Å²) in [5.74, 6) is 1.76. The largest absolute Gasteiger partial charge is 0.457 e. The van der Waals surface area contributed by atoms with E-state index in [1.54, 1.807) is 0 Å². The first kappa shape index (κ1) is 27.5. The standard InChI is InChI=1S/C14H14O.C14H14.C8H10/c1-11-3-7-13(8-4-11)15-14-9-5-12(2)6-10-14;1-11-3-7-13(8-4-11)14-9-5-12(2)6-10-14;1-7-4-3-5-8(2)6-7/h3-10H,1-2H3;3-10H,1-2H3;3-6H,1-2H3. The molecule has 5 aromatic rings. The van der Waals surface area contributed by atoms with E-state index in [4.69, 9.17) is 4.74 Å². The summed E-state index contributed by atoms with van der Waals surface area (Å²) >= 11 is 0. The van der Waals surface area contributed by atoms with Gasteiger partial charge >= 0.3 is 0 Å². The molecule has 1 heteroatoms. The Bertz CT molecular complexity index is 1240. The predicted octanol–water partition coefficient (Wildman–Crippen LogP) is 10.4. The van der Waals surface area contributed by atoms with E-state index in [2.05, 4.69) is 114 Å². The molecule has 0 unspecified atom stereocenters. The van der Waals surface area contributed by atoms with E-state index in [-0.39, 0.29) is 0 Å². The zero-order valence-electron chi connectivity index (χ0n) is 23.0. The third-order valence-corrected chi connectivity index (χ3v) is 5.89. The maximum Gasteiger partial charge on any atom is 0.127 e. The van der Waals surface area contributed by atoms with Crippen molar-refractivity contribution in [3.63, 3.8) is 0 Å². The van der Waals surface area contributed by atoms with E-state index < -0.39 is 0 Å². The molecular formula is C36H38O. The van der Waals surface area contributed by atoms with E-state index >= 15 is 0 Å². The number of benzene rings is 5. The van der Waals surface area contributed by atoms with Crippen molar-refractivity contribution in [2.24, 2.45) is 0 Å². The molecule has 0 fully saturated rings. The molecule has 0 aliphatic carbocycles. The molecule has 0 spiro atoms. The monoisotopic (exact) mass is 486 g/mol. The Morgan fingerprint density at radius 3 is 0.892 bits per heavy atom. The summed E-state index contributed by atoms with van der Waals surface area (Å²) in [4.78, 5) is 0. The van der Waals surface area contributed by atoms with Gasteiger partial charge in [-0.15, -0.1) is 0 Å². The highest BCUT2D eigenvalue weighted by molar-refractivity contribution is 5.63. The minimum atomic E-state index is 0.879. The Labute approximate surface area is 223 Å². The van der Waals surface area contributed by atoms with Crippen molar-refractivity contribution in [3.8, 4) is 22.6 Å². The smallest absolute Gasteiger partial charge is 0.127 e. The van der Waals surface area contributed by atoms with Crippen LogP contribution in [0.5, 0.6) is 11.5 Å². The minimum Gasteiger partial charge on any atom is -0.457 e. The van der Waals surface area contributed by atoms with Gasteiger partial charge in [-0.25, -0.2) is 0 Å². The van der Waals surface area contributed by atoms with Gasteiger partial charge in [-0.2, -0.15) is 0 Å². The van der Waals surface area contributed by atoms with Crippen LogP contribution in [0.2, 0.25) is 0 Å². The fourth-order valence-electron chi connectivity index (χ4n) is 3.65. The lowest BCUT2D eigenvalue weighted by Gasteiger charge is -2.05. The van der Waals surface area contributed by atoms with Crippen LogP contribution in [-0.4, -0.2) is 0 Å². The number of ether oxygens (including phenoxy) is 1. The van der Waals surface area contributed by atoms with E-state index in [9.17, 15) is 0 Å². The van der Waals surface area contributed by atoms with Gasteiger partial charge in [0.2, 0.25) is 0 Å². The van der Waals surface area contributed by atoms with Crippen molar-refractivity contribution in [2.75, 3.05) is 0 Å². The predicted molar refractivity (Wildman–Crippen MR) is 160 cm³/mol. The van der Waals surface area contributed by atoms with Crippen molar-refractivity contribution < 1.29 is 4.74 Å². The molecule has 0 aliphatic rings. The highest BCUT2D eigenvalue weighted by Crippen LogP contribution is 2.22. The van der Waals surface area contributed by atoms with Crippen LogP contribution in [0.1, 0.15) is 33.4 Å². The number of hydrogen-bond acceptors (Lipinski definition) is 1. The van der Waals surface area contributed by atoms with Crippen LogP contribution in [-0.2, 0) is 0 Å². The molecule has 5 aromatic carbocycles. The van der Waals surface area contributed by atoms with Crippen molar-refractivity contribution in [3.05, 3.63) is 155 Å². The summed E-state index contributed by atoms with van der Waals surface area (Å²) in [6.07, 6.45) is 0. The summed E-state index contributed by atoms with van der Waals surface area (Å²) in [7, 11) is 0. The maximum absolute atomic E-state index is 5.69. The molecule has 5 rings (SSSR count). The lowest BCUT2D eigenvalue weighted by atomic mass is 10.0. The van der Waals surface area contributed by atoms with Crippen molar-refractivity contribution in [2.45, 2.75) is 41.5 Å². The Morgan fingerprint density at radius 2 is 0.622 bits per heavy atom. The molecule has 0 aliphatic heterocycles. The minimum absolute atomic E-state index is 0.879. The quantitative estimate of drug-likeness (QED) is 0.246.